The molecule has 5 heterocycles. The van der Waals surface area contributed by atoms with Crippen LogP contribution in [-0.2, 0) is 24.3 Å². The van der Waals surface area contributed by atoms with Gasteiger partial charge < -0.3 is 19.1 Å². The van der Waals surface area contributed by atoms with Gasteiger partial charge in [-0.2, -0.15) is 0 Å². The zero-order chi connectivity index (χ0) is 30.9. The van der Waals surface area contributed by atoms with Crippen LogP contribution < -0.4 is 4.74 Å². The van der Waals surface area contributed by atoms with E-state index in [2.05, 4.69) is 24.9 Å². The SMILES string of the molecule is O=C(O)c1ccc2nc(Cc3cc(F)c(-c4cccc(OCc5ncc(-c6cncnc6)s5)n4)cc3F)n(CC3CCO3)c2c1. The Balaban J connectivity index is 1.11. The number of carboxylic acid groups (broad SMARTS) is 1. The third-order valence-corrected chi connectivity index (χ3v) is 8.50. The third kappa shape index (κ3) is 5.99. The summed E-state index contributed by atoms with van der Waals surface area (Å²) < 4.78 is 44.3. The second kappa shape index (κ2) is 12.1. The van der Waals surface area contributed by atoms with Crippen LogP contribution in [0.1, 0.15) is 33.2 Å². The Morgan fingerprint density at radius 3 is 2.69 bits per heavy atom. The molecule has 1 aliphatic rings. The number of fused-ring (bicyclic) bond motifs is 1. The number of thiazole rings is 1. The number of halogens is 2. The molecule has 0 bridgehead atoms. The van der Waals surface area contributed by atoms with Crippen LogP contribution in [-0.4, -0.2) is 53.3 Å². The molecule has 2 aromatic carbocycles. The monoisotopic (exact) mass is 626 g/mol. The van der Waals surface area contributed by atoms with Gasteiger partial charge in [-0.05, 0) is 48.4 Å². The van der Waals surface area contributed by atoms with Crippen molar-refractivity contribution in [2.75, 3.05) is 6.61 Å². The summed E-state index contributed by atoms with van der Waals surface area (Å²) >= 11 is 1.43. The molecule has 7 rings (SSSR count). The Labute approximate surface area is 259 Å². The molecule has 1 unspecified atom stereocenters. The van der Waals surface area contributed by atoms with E-state index in [0.29, 0.717) is 35.0 Å². The molecule has 0 spiro atoms. The van der Waals surface area contributed by atoms with Gasteiger partial charge in [0, 0.05) is 48.8 Å². The van der Waals surface area contributed by atoms with E-state index in [-0.39, 0.29) is 47.4 Å². The van der Waals surface area contributed by atoms with Crippen molar-refractivity contribution in [2.45, 2.75) is 32.1 Å². The normalized spacial score (nSPS) is 14.4. The summed E-state index contributed by atoms with van der Waals surface area (Å²) in [4.78, 5) is 33.9. The zero-order valence-electron chi connectivity index (χ0n) is 23.6. The molecule has 1 saturated heterocycles. The van der Waals surface area contributed by atoms with Crippen LogP contribution in [0.3, 0.4) is 0 Å². The lowest BCUT2D eigenvalue weighted by Gasteiger charge is -2.27. The van der Waals surface area contributed by atoms with Crippen LogP contribution in [0.2, 0.25) is 0 Å². The summed E-state index contributed by atoms with van der Waals surface area (Å²) in [5, 5.41) is 10.2. The maximum absolute atomic E-state index is 15.5. The van der Waals surface area contributed by atoms with Gasteiger partial charge in [-0.15, -0.1) is 11.3 Å². The van der Waals surface area contributed by atoms with Crippen molar-refractivity contribution in [3.8, 4) is 27.6 Å². The van der Waals surface area contributed by atoms with Crippen molar-refractivity contribution >= 4 is 28.3 Å². The standard InChI is InChI=1S/C32H24F2N6O4S/c33-23-11-22(25-2-1-3-30(39-25)44-16-31-37-14-28(45-31)20-12-35-17-36-13-20)24(34)8-19(23)10-29-38-26-5-4-18(32(41)42)9-27(26)40(29)15-21-6-7-43-21/h1-5,8-9,11-14,17,21H,6-7,10,15-16H2,(H,41,42). The van der Waals surface area contributed by atoms with Crippen molar-refractivity contribution in [2.24, 2.45) is 0 Å². The molecule has 10 nitrogen and oxygen atoms in total. The van der Waals surface area contributed by atoms with Gasteiger partial charge in [0.15, 0.2) is 0 Å². The zero-order valence-corrected chi connectivity index (χ0v) is 24.4. The largest absolute Gasteiger partial charge is 0.478 e. The quantitative estimate of drug-likeness (QED) is 0.196. The molecule has 1 atom stereocenters. The molecule has 45 heavy (non-hydrogen) atoms. The topological polar surface area (TPSA) is 125 Å². The fourth-order valence-electron chi connectivity index (χ4n) is 5.08. The van der Waals surface area contributed by atoms with Gasteiger partial charge in [0.2, 0.25) is 5.88 Å². The van der Waals surface area contributed by atoms with Gasteiger partial charge in [-0.3, -0.25) is 0 Å². The first kappa shape index (κ1) is 28.6. The smallest absolute Gasteiger partial charge is 0.335 e. The lowest BCUT2D eigenvalue weighted by atomic mass is 10.0. The Morgan fingerprint density at radius 2 is 1.91 bits per heavy atom. The minimum Gasteiger partial charge on any atom is -0.478 e. The minimum atomic E-state index is -1.06. The van der Waals surface area contributed by atoms with Gasteiger partial charge in [0.25, 0.3) is 0 Å². The summed E-state index contributed by atoms with van der Waals surface area (Å²) in [6, 6.07) is 11.8. The number of aromatic carboxylic acids is 1. The van der Waals surface area contributed by atoms with Crippen LogP contribution in [0.5, 0.6) is 5.88 Å². The highest BCUT2D eigenvalue weighted by Gasteiger charge is 2.24. The molecule has 1 fully saturated rings. The number of imidazole rings is 1. The lowest BCUT2D eigenvalue weighted by molar-refractivity contribution is -0.0589. The molecule has 1 aliphatic heterocycles. The predicted octanol–water partition coefficient (Wildman–Crippen LogP) is 5.95. The molecule has 0 radical (unpaired) electrons. The van der Waals surface area contributed by atoms with E-state index in [9.17, 15) is 9.90 Å². The number of rotatable bonds is 10. The number of pyridine rings is 1. The lowest BCUT2D eigenvalue weighted by Crippen LogP contribution is -2.31. The number of nitrogens with zero attached hydrogens (tertiary/aromatic N) is 6. The Hall–Kier alpha value is -5.14. The second-order valence-corrected chi connectivity index (χ2v) is 11.5. The molecular formula is C32H24F2N6O4S. The molecule has 0 saturated carbocycles. The summed E-state index contributed by atoms with van der Waals surface area (Å²) in [6.45, 7) is 1.22. The van der Waals surface area contributed by atoms with Crippen LogP contribution in [0.25, 0.3) is 32.7 Å². The summed E-state index contributed by atoms with van der Waals surface area (Å²) in [6.07, 6.45) is 7.36. The second-order valence-electron chi connectivity index (χ2n) is 10.4. The van der Waals surface area contributed by atoms with Crippen LogP contribution in [0, 0.1) is 11.6 Å². The van der Waals surface area contributed by atoms with Crippen molar-refractivity contribution in [3.63, 3.8) is 0 Å². The predicted molar refractivity (Wildman–Crippen MR) is 161 cm³/mol. The summed E-state index contributed by atoms with van der Waals surface area (Å²) in [7, 11) is 0. The molecule has 0 amide bonds. The van der Waals surface area contributed by atoms with Crippen molar-refractivity contribution < 1.29 is 28.2 Å². The summed E-state index contributed by atoms with van der Waals surface area (Å²) in [5.74, 6) is -1.61. The maximum atomic E-state index is 15.5. The molecule has 226 valence electrons. The van der Waals surface area contributed by atoms with Gasteiger partial charge in [-0.25, -0.2) is 38.5 Å². The highest BCUT2D eigenvalue weighted by Crippen LogP contribution is 2.30. The fraction of sp³-hybridized carbons (Fsp3) is 0.188. The number of hydrogen-bond acceptors (Lipinski definition) is 9. The Kier molecular flexibility index (Phi) is 7.69. The fourth-order valence-corrected chi connectivity index (χ4v) is 5.89. The van der Waals surface area contributed by atoms with Crippen LogP contribution in [0.4, 0.5) is 8.78 Å². The van der Waals surface area contributed by atoms with E-state index >= 15 is 8.78 Å². The van der Waals surface area contributed by atoms with E-state index in [1.807, 2.05) is 4.57 Å². The van der Waals surface area contributed by atoms with E-state index in [0.717, 1.165) is 29.0 Å². The van der Waals surface area contributed by atoms with Gasteiger partial charge in [0.05, 0.1) is 39.8 Å². The molecule has 1 N–H and O–H groups in total. The minimum absolute atomic E-state index is 0.00563. The van der Waals surface area contributed by atoms with E-state index in [1.165, 1.54) is 23.7 Å². The van der Waals surface area contributed by atoms with Gasteiger partial charge in [-0.1, -0.05) is 6.07 Å². The number of hydrogen-bond donors (Lipinski definition) is 1. The number of carbonyl (C=O) groups is 1. The first-order valence-electron chi connectivity index (χ1n) is 14.0. The average molecular weight is 627 g/mol. The van der Waals surface area contributed by atoms with E-state index in [1.54, 1.807) is 48.9 Å². The molecule has 4 aromatic heterocycles. The average Bonchev–Trinajstić information content (AvgIpc) is 3.64. The Morgan fingerprint density at radius 1 is 1.07 bits per heavy atom. The van der Waals surface area contributed by atoms with Crippen molar-refractivity contribution in [1.82, 2.24) is 29.5 Å². The number of aromatic nitrogens is 6. The first-order chi connectivity index (χ1) is 21.9. The summed E-state index contributed by atoms with van der Waals surface area (Å²) in [5.41, 5.74) is 2.44. The maximum Gasteiger partial charge on any atom is 0.335 e. The molecular weight excluding hydrogens is 602 g/mol. The number of benzene rings is 2. The van der Waals surface area contributed by atoms with E-state index in [4.69, 9.17) is 9.47 Å². The highest BCUT2D eigenvalue weighted by atomic mass is 32.1. The van der Waals surface area contributed by atoms with Gasteiger partial charge in [0.1, 0.15) is 35.4 Å². The number of ether oxygens (including phenoxy) is 2. The van der Waals surface area contributed by atoms with Crippen LogP contribution in [0.15, 0.2) is 73.4 Å². The Bertz CT molecular complexity index is 2030. The first-order valence-corrected chi connectivity index (χ1v) is 14.9. The van der Waals surface area contributed by atoms with Crippen molar-refractivity contribution in [1.29, 1.82) is 0 Å². The highest BCUT2D eigenvalue weighted by molar-refractivity contribution is 7.15. The molecule has 13 heteroatoms. The number of carboxylic acids is 1. The van der Waals surface area contributed by atoms with Crippen LogP contribution >= 0.6 is 11.3 Å². The van der Waals surface area contributed by atoms with E-state index < -0.39 is 17.6 Å². The van der Waals surface area contributed by atoms with Crippen molar-refractivity contribution in [3.05, 3.63) is 107 Å². The third-order valence-electron chi connectivity index (χ3n) is 7.48. The molecule has 6 aromatic rings. The van der Waals surface area contributed by atoms with Gasteiger partial charge >= 0.3 is 5.97 Å². The molecule has 0 aliphatic carbocycles.